The highest BCUT2D eigenvalue weighted by molar-refractivity contribution is 5.98. The highest BCUT2D eigenvalue weighted by Gasteiger charge is 2.32. The van der Waals surface area contributed by atoms with Crippen LogP contribution in [0.3, 0.4) is 0 Å². The lowest BCUT2D eigenvalue weighted by Gasteiger charge is -2.18. The van der Waals surface area contributed by atoms with Crippen LogP contribution in [-0.2, 0) is 4.79 Å². The molecule has 0 fully saturated rings. The van der Waals surface area contributed by atoms with Crippen LogP contribution < -0.4 is 5.32 Å². The van der Waals surface area contributed by atoms with Gasteiger partial charge in [-0.1, -0.05) is 6.92 Å². The van der Waals surface area contributed by atoms with E-state index in [0.29, 0.717) is 0 Å². The first kappa shape index (κ1) is 14.6. The van der Waals surface area contributed by atoms with Crippen LogP contribution >= 0.6 is 0 Å². The summed E-state index contributed by atoms with van der Waals surface area (Å²) in [7, 11) is 0. The molecule has 1 aromatic carbocycles. The van der Waals surface area contributed by atoms with Gasteiger partial charge in [-0.25, -0.2) is 4.39 Å². The minimum atomic E-state index is -1.32. The van der Waals surface area contributed by atoms with Gasteiger partial charge >= 0.3 is 0 Å². The molecular formula is C12H12FN3O3. The quantitative estimate of drug-likeness (QED) is 0.668. The number of anilines is 1. The largest absolute Gasteiger partial charge is 0.319 e. The molecule has 0 aliphatic carbocycles. The molecule has 1 rings (SSSR count). The lowest BCUT2D eigenvalue weighted by molar-refractivity contribution is -0.384. The van der Waals surface area contributed by atoms with E-state index in [4.69, 9.17) is 5.26 Å². The summed E-state index contributed by atoms with van der Waals surface area (Å²) in [6.07, 6.45) is 0.235. The third kappa shape index (κ3) is 3.04. The summed E-state index contributed by atoms with van der Waals surface area (Å²) < 4.78 is 13.1. The molecule has 1 amide bonds. The Kier molecular flexibility index (Phi) is 4.17. The summed E-state index contributed by atoms with van der Waals surface area (Å²) in [5.74, 6) is -1.41. The summed E-state index contributed by atoms with van der Waals surface area (Å²) in [5, 5.41) is 22.0. The maximum absolute atomic E-state index is 13.1. The second-order valence-electron chi connectivity index (χ2n) is 4.17. The zero-order chi connectivity index (χ0) is 14.6. The van der Waals surface area contributed by atoms with Crippen LogP contribution in [0.1, 0.15) is 20.3 Å². The van der Waals surface area contributed by atoms with E-state index in [2.05, 4.69) is 5.32 Å². The van der Waals surface area contributed by atoms with Gasteiger partial charge in [0.25, 0.3) is 5.69 Å². The molecule has 19 heavy (non-hydrogen) atoms. The number of nitro benzene ring substituents is 1. The van der Waals surface area contributed by atoms with Crippen molar-refractivity contribution in [3.8, 4) is 6.07 Å². The maximum Gasteiger partial charge on any atom is 0.292 e. The Morgan fingerprint density at radius 1 is 1.63 bits per heavy atom. The molecule has 1 aromatic rings. The standard InChI is InChI=1S/C12H12FN3O3/c1-3-12(2,7-14)11(17)15-9-6-8(13)4-5-10(9)16(18)19/h4-6H,3H2,1-2H3,(H,15,17). The number of halogens is 1. The fourth-order valence-electron chi connectivity index (χ4n) is 1.32. The van der Waals surface area contributed by atoms with Crippen LogP contribution in [0.2, 0.25) is 0 Å². The van der Waals surface area contributed by atoms with Gasteiger partial charge in [0.1, 0.15) is 16.9 Å². The van der Waals surface area contributed by atoms with E-state index in [1.807, 2.05) is 6.07 Å². The average Bonchev–Trinajstić information content (AvgIpc) is 2.37. The van der Waals surface area contributed by atoms with Gasteiger partial charge in [0, 0.05) is 12.1 Å². The second kappa shape index (κ2) is 5.44. The van der Waals surface area contributed by atoms with Crippen molar-refractivity contribution in [3.63, 3.8) is 0 Å². The zero-order valence-electron chi connectivity index (χ0n) is 10.4. The van der Waals surface area contributed by atoms with Crippen LogP contribution in [0.25, 0.3) is 0 Å². The number of hydrogen-bond donors (Lipinski definition) is 1. The third-order valence-electron chi connectivity index (χ3n) is 2.86. The van der Waals surface area contributed by atoms with Gasteiger partial charge in [0.15, 0.2) is 0 Å². The van der Waals surface area contributed by atoms with Gasteiger partial charge in [-0.05, 0) is 19.4 Å². The molecule has 1 atom stereocenters. The van der Waals surface area contributed by atoms with Gasteiger partial charge in [-0.15, -0.1) is 0 Å². The number of nitro groups is 1. The van der Waals surface area contributed by atoms with Gasteiger partial charge in [-0.3, -0.25) is 14.9 Å². The van der Waals surface area contributed by atoms with Gasteiger partial charge in [-0.2, -0.15) is 5.26 Å². The minimum Gasteiger partial charge on any atom is -0.319 e. The second-order valence-corrected chi connectivity index (χ2v) is 4.17. The molecule has 6 nitrogen and oxygen atoms in total. The molecule has 0 saturated heterocycles. The predicted octanol–water partition coefficient (Wildman–Crippen LogP) is 2.61. The molecule has 7 heteroatoms. The van der Waals surface area contributed by atoms with Crippen LogP contribution in [0.15, 0.2) is 18.2 Å². The fourth-order valence-corrected chi connectivity index (χ4v) is 1.32. The Morgan fingerprint density at radius 3 is 2.74 bits per heavy atom. The Bertz CT molecular complexity index is 568. The fraction of sp³-hybridized carbons (Fsp3) is 0.333. The monoisotopic (exact) mass is 265 g/mol. The Balaban J connectivity index is 3.13. The zero-order valence-corrected chi connectivity index (χ0v) is 10.4. The number of hydrogen-bond acceptors (Lipinski definition) is 4. The van der Waals surface area contributed by atoms with E-state index in [1.54, 1.807) is 6.92 Å². The summed E-state index contributed by atoms with van der Waals surface area (Å²) in [5.41, 5.74) is -2.00. The van der Waals surface area contributed by atoms with E-state index < -0.39 is 27.8 Å². The van der Waals surface area contributed by atoms with Gasteiger partial charge < -0.3 is 5.32 Å². The van der Waals surface area contributed by atoms with Crippen molar-refractivity contribution in [1.29, 1.82) is 5.26 Å². The van der Waals surface area contributed by atoms with Gasteiger partial charge in [0.05, 0.1) is 11.0 Å². The van der Waals surface area contributed by atoms with Crippen molar-refractivity contribution in [1.82, 2.24) is 0 Å². The Morgan fingerprint density at radius 2 is 2.26 bits per heavy atom. The first-order chi connectivity index (χ1) is 8.84. The Labute approximate surface area is 109 Å². The molecule has 1 N–H and O–H groups in total. The lowest BCUT2D eigenvalue weighted by Crippen LogP contribution is -2.31. The van der Waals surface area contributed by atoms with Crippen LogP contribution in [-0.4, -0.2) is 10.8 Å². The smallest absolute Gasteiger partial charge is 0.292 e. The molecule has 0 radical (unpaired) electrons. The van der Waals surface area contributed by atoms with Gasteiger partial charge in [0.2, 0.25) is 5.91 Å². The van der Waals surface area contributed by atoms with Crippen molar-refractivity contribution in [3.05, 3.63) is 34.1 Å². The van der Waals surface area contributed by atoms with Crippen molar-refractivity contribution >= 4 is 17.3 Å². The first-order valence-corrected chi connectivity index (χ1v) is 5.50. The van der Waals surface area contributed by atoms with Crippen molar-refractivity contribution in [2.45, 2.75) is 20.3 Å². The van der Waals surface area contributed by atoms with E-state index in [-0.39, 0.29) is 12.1 Å². The molecule has 0 saturated carbocycles. The third-order valence-corrected chi connectivity index (χ3v) is 2.86. The first-order valence-electron chi connectivity index (χ1n) is 5.50. The number of rotatable bonds is 4. The topological polar surface area (TPSA) is 96.0 Å². The number of carbonyl (C=O) groups is 1. The number of nitrogens with one attached hydrogen (secondary N) is 1. The SMILES string of the molecule is CCC(C)(C#N)C(=O)Nc1cc(F)ccc1[N+](=O)[O-]. The van der Waals surface area contributed by atoms with E-state index in [0.717, 1.165) is 18.2 Å². The van der Waals surface area contributed by atoms with Crippen LogP contribution in [0.5, 0.6) is 0 Å². The number of nitrogens with zero attached hydrogens (tertiary/aromatic N) is 2. The lowest BCUT2D eigenvalue weighted by atomic mass is 9.88. The summed E-state index contributed by atoms with van der Waals surface area (Å²) >= 11 is 0. The number of amides is 1. The molecule has 1 unspecified atom stereocenters. The van der Waals surface area contributed by atoms with Crippen molar-refractivity contribution in [2.75, 3.05) is 5.32 Å². The number of benzene rings is 1. The molecule has 0 spiro atoms. The summed E-state index contributed by atoms with van der Waals surface area (Å²) in [6, 6.07) is 4.57. The highest BCUT2D eigenvalue weighted by Crippen LogP contribution is 2.28. The van der Waals surface area contributed by atoms with E-state index in [9.17, 15) is 19.3 Å². The molecule has 100 valence electrons. The molecule has 0 aromatic heterocycles. The van der Waals surface area contributed by atoms with Crippen molar-refractivity contribution in [2.24, 2.45) is 5.41 Å². The van der Waals surface area contributed by atoms with Crippen LogP contribution in [0.4, 0.5) is 15.8 Å². The average molecular weight is 265 g/mol. The van der Waals surface area contributed by atoms with Crippen LogP contribution in [0, 0.1) is 32.7 Å². The number of nitriles is 1. The molecule has 0 aliphatic heterocycles. The van der Waals surface area contributed by atoms with E-state index >= 15 is 0 Å². The molecule has 0 aliphatic rings. The number of carbonyl (C=O) groups excluding carboxylic acids is 1. The molecule has 0 bridgehead atoms. The molecular weight excluding hydrogens is 253 g/mol. The van der Waals surface area contributed by atoms with Crippen molar-refractivity contribution < 1.29 is 14.1 Å². The molecule has 0 heterocycles. The Hall–Kier alpha value is -2.49. The summed E-state index contributed by atoms with van der Waals surface area (Å²) in [4.78, 5) is 21.9. The van der Waals surface area contributed by atoms with E-state index in [1.165, 1.54) is 6.92 Å². The predicted molar refractivity (Wildman–Crippen MR) is 65.7 cm³/mol. The maximum atomic E-state index is 13.1. The summed E-state index contributed by atoms with van der Waals surface area (Å²) in [6.45, 7) is 3.05. The highest BCUT2D eigenvalue weighted by atomic mass is 19.1. The normalized spacial score (nSPS) is 13.2. The minimum absolute atomic E-state index is 0.235.